The molecular formula is C22H34O2. The summed E-state index contributed by atoms with van der Waals surface area (Å²) in [6.45, 7) is 10.6. The van der Waals surface area contributed by atoms with Crippen LogP contribution in [-0.2, 0) is 6.42 Å². The van der Waals surface area contributed by atoms with Gasteiger partial charge >= 0.3 is 0 Å². The van der Waals surface area contributed by atoms with Crippen LogP contribution in [0.2, 0.25) is 0 Å². The zero-order valence-corrected chi connectivity index (χ0v) is 16.1. The van der Waals surface area contributed by atoms with Gasteiger partial charge in [0, 0.05) is 17.4 Å². The van der Waals surface area contributed by atoms with Crippen molar-refractivity contribution in [2.24, 2.45) is 5.92 Å². The molecular weight excluding hydrogens is 296 g/mol. The largest absolute Gasteiger partial charge is 0.508 e. The lowest BCUT2D eigenvalue weighted by Crippen LogP contribution is -2.35. The Morgan fingerprint density at radius 3 is 2.67 bits per heavy atom. The molecule has 134 valence electrons. The predicted octanol–water partition coefficient (Wildman–Crippen LogP) is 6.37. The highest BCUT2D eigenvalue weighted by Gasteiger charge is 2.39. The highest BCUT2D eigenvalue weighted by Crippen LogP contribution is 2.50. The number of fused-ring (bicyclic) bond motifs is 3. The minimum absolute atomic E-state index is 0.229. The summed E-state index contributed by atoms with van der Waals surface area (Å²) >= 11 is 0. The molecule has 1 heterocycles. The second kappa shape index (κ2) is 8.60. The van der Waals surface area contributed by atoms with Gasteiger partial charge in [0.1, 0.15) is 11.5 Å². The van der Waals surface area contributed by atoms with Crippen LogP contribution in [0.3, 0.4) is 0 Å². The van der Waals surface area contributed by atoms with Gasteiger partial charge in [0.15, 0.2) is 0 Å². The number of hydrogen-bond donors (Lipinski definition) is 1. The molecule has 1 aliphatic carbocycles. The van der Waals surface area contributed by atoms with Gasteiger partial charge < -0.3 is 9.84 Å². The van der Waals surface area contributed by atoms with Crippen LogP contribution in [0.5, 0.6) is 11.5 Å². The maximum absolute atomic E-state index is 10.6. The molecule has 3 rings (SSSR count). The first-order chi connectivity index (χ1) is 11.6. The first-order valence-electron chi connectivity index (χ1n) is 9.78. The Kier molecular flexibility index (Phi) is 6.77. The Balaban J connectivity index is 0.00000100. The van der Waals surface area contributed by atoms with Gasteiger partial charge in [0.2, 0.25) is 0 Å². The molecule has 24 heavy (non-hydrogen) atoms. The number of rotatable bonds is 4. The van der Waals surface area contributed by atoms with Crippen LogP contribution in [0.1, 0.15) is 83.8 Å². The second-order valence-corrected chi connectivity index (χ2v) is 7.07. The van der Waals surface area contributed by atoms with Crippen molar-refractivity contribution in [1.29, 1.82) is 0 Å². The molecule has 3 unspecified atom stereocenters. The van der Waals surface area contributed by atoms with Crippen LogP contribution < -0.4 is 4.74 Å². The molecule has 0 amide bonds. The summed E-state index contributed by atoms with van der Waals surface area (Å²) in [4.78, 5) is 0. The van der Waals surface area contributed by atoms with Crippen LogP contribution in [0.25, 0.3) is 0 Å². The summed E-state index contributed by atoms with van der Waals surface area (Å²) in [5, 5.41) is 10.6. The lowest BCUT2D eigenvalue weighted by molar-refractivity contribution is 0.102. The molecule has 0 saturated carbocycles. The average Bonchev–Trinajstić information content (AvgIpc) is 2.56. The number of aromatic hydroxyl groups is 1. The fourth-order valence-electron chi connectivity index (χ4n) is 4.07. The molecule has 0 spiro atoms. The van der Waals surface area contributed by atoms with Gasteiger partial charge in [-0.15, -0.1) is 0 Å². The van der Waals surface area contributed by atoms with Crippen molar-refractivity contribution in [3.05, 3.63) is 34.9 Å². The summed E-state index contributed by atoms with van der Waals surface area (Å²) in [6.07, 6.45) is 9.35. The maximum atomic E-state index is 10.6. The van der Waals surface area contributed by atoms with Gasteiger partial charge in [-0.05, 0) is 57.2 Å². The van der Waals surface area contributed by atoms with Crippen molar-refractivity contribution in [3.8, 4) is 11.5 Å². The smallest absolute Gasteiger partial charge is 0.127 e. The number of phenolic OH excluding ortho intramolecular Hbond substituents is 1. The summed E-state index contributed by atoms with van der Waals surface area (Å²) in [7, 11) is 0. The van der Waals surface area contributed by atoms with Crippen LogP contribution in [0, 0.1) is 5.92 Å². The molecule has 0 radical (unpaired) electrons. The van der Waals surface area contributed by atoms with Gasteiger partial charge in [-0.25, -0.2) is 0 Å². The van der Waals surface area contributed by atoms with E-state index in [0.717, 1.165) is 30.6 Å². The maximum Gasteiger partial charge on any atom is 0.127 e. The zero-order valence-electron chi connectivity index (χ0n) is 16.1. The first-order valence-corrected chi connectivity index (χ1v) is 9.78. The van der Waals surface area contributed by atoms with Crippen LogP contribution in [0.15, 0.2) is 23.8 Å². The molecule has 2 aliphatic rings. The van der Waals surface area contributed by atoms with Crippen molar-refractivity contribution < 1.29 is 9.84 Å². The molecule has 2 heteroatoms. The van der Waals surface area contributed by atoms with Crippen LogP contribution in [-0.4, -0.2) is 11.2 Å². The number of aryl methyl sites for hydroxylation is 1. The molecule has 0 saturated heterocycles. The van der Waals surface area contributed by atoms with Gasteiger partial charge in [-0.3, -0.25) is 0 Å². The topological polar surface area (TPSA) is 29.5 Å². The van der Waals surface area contributed by atoms with Crippen molar-refractivity contribution >= 4 is 0 Å². The molecule has 1 N–H and O–H groups in total. The Morgan fingerprint density at radius 2 is 1.96 bits per heavy atom. The zero-order chi connectivity index (χ0) is 17.7. The third-order valence-electron chi connectivity index (χ3n) is 5.33. The Bertz CT molecular complexity index is 574. The average molecular weight is 331 g/mol. The quantitative estimate of drug-likeness (QED) is 0.513. The van der Waals surface area contributed by atoms with Crippen molar-refractivity contribution in [3.63, 3.8) is 0 Å². The molecule has 0 fully saturated rings. The van der Waals surface area contributed by atoms with E-state index in [1.165, 1.54) is 30.4 Å². The fourth-order valence-corrected chi connectivity index (χ4v) is 4.07. The minimum Gasteiger partial charge on any atom is -0.508 e. The van der Waals surface area contributed by atoms with E-state index < -0.39 is 0 Å². The predicted molar refractivity (Wildman–Crippen MR) is 102 cm³/mol. The number of ether oxygens (including phenoxy) is 1. The number of benzene rings is 1. The van der Waals surface area contributed by atoms with E-state index in [1.807, 2.05) is 19.9 Å². The minimum atomic E-state index is 0.229. The van der Waals surface area contributed by atoms with E-state index in [4.69, 9.17) is 4.74 Å². The summed E-state index contributed by atoms with van der Waals surface area (Å²) in [5.41, 5.74) is 3.70. The van der Waals surface area contributed by atoms with E-state index in [0.29, 0.717) is 17.6 Å². The summed E-state index contributed by atoms with van der Waals surface area (Å²) in [5.74, 6) is 2.28. The van der Waals surface area contributed by atoms with Gasteiger partial charge in [0.25, 0.3) is 0 Å². The Labute approximate surface area is 147 Å². The standard InChI is InChI=1S/C20H28O2.C2H6/c1-4-5-6-7-15-11-18(21)20-17-10-13(2)8-9-16(17)14(3)22-19(20)12-15;1-2/h8,11-12,14,16-17,21H,4-7,9-10H2,1-3H3;1-2H3. The second-order valence-electron chi connectivity index (χ2n) is 7.07. The SMILES string of the molecule is CC.CCCCCc1cc(O)c2c(c1)OC(C)C1CC=C(C)CC21. The first kappa shape index (κ1) is 18.9. The van der Waals surface area contributed by atoms with E-state index in [1.54, 1.807) is 0 Å². The molecule has 2 nitrogen and oxygen atoms in total. The number of unbranched alkanes of at least 4 members (excludes halogenated alkanes) is 2. The normalized spacial score (nSPS) is 24.7. The Morgan fingerprint density at radius 1 is 1.21 bits per heavy atom. The van der Waals surface area contributed by atoms with E-state index >= 15 is 0 Å². The van der Waals surface area contributed by atoms with Crippen molar-refractivity contribution in [2.75, 3.05) is 0 Å². The van der Waals surface area contributed by atoms with Crippen LogP contribution in [0.4, 0.5) is 0 Å². The molecule has 3 atom stereocenters. The van der Waals surface area contributed by atoms with Gasteiger partial charge in [-0.2, -0.15) is 0 Å². The van der Waals surface area contributed by atoms with Crippen molar-refractivity contribution in [1.82, 2.24) is 0 Å². The third kappa shape index (κ3) is 3.96. The highest BCUT2D eigenvalue weighted by molar-refractivity contribution is 5.52. The Hall–Kier alpha value is -1.44. The summed E-state index contributed by atoms with van der Waals surface area (Å²) in [6, 6.07) is 4.14. The fraction of sp³-hybridized carbons (Fsp3) is 0.636. The monoisotopic (exact) mass is 330 g/mol. The third-order valence-corrected chi connectivity index (χ3v) is 5.33. The van der Waals surface area contributed by atoms with Gasteiger partial charge in [-0.1, -0.05) is 45.3 Å². The van der Waals surface area contributed by atoms with E-state index in [2.05, 4.69) is 32.9 Å². The molecule has 0 bridgehead atoms. The molecule has 1 aliphatic heterocycles. The van der Waals surface area contributed by atoms with Crippen LogP contribution >= 0.6 is 0 Å². The van der Waals surface area contributed by atoms with E-state index in [-0.39, 0.29) is 6.10 Å². The molecule has 1 aromatic carbocycles. The summed E-state index contributed by atoms with van der Waals surface area (Å²) < 4.78 is 6.18. The molecule has 0 aromatic heterocycles. The number of allylic oxidation sites excluding steroid dienone is 2. The van der Waals surface area contributed by atoms with Crippen molar-refractivity contribution in [2.45, 2.75) is 85.2 Å². The number of phenols is 1. The van der Waals surface area contributed by atoms with Gasteiger partial charge in [0.05, 0.1) is 6.10 Å². The number of hydrogen-bond acceptors (Lipinski definition) is 2. The molecule has 1 aromatic rings. The lowest BCUT2D eigenvalue weighted by atomic mass is 9.71. The lowest BCUT2D eigenvalue weighted by Gasteiger charge is -2.41. The highest BCUT2D eigenvalue weighted by atomic mass is 16.5. The van der Waals surface area contributed by atoms with E-state index in [9.17, 15) is 5.11 Å².